The van der Waals surface area contributed by atoms with E-state index >= 15 is 0 Å². The molecule has 0 aliphatic carbocycles. The molecule has 1 aromatic carbocycles. The minimum atomic E-state index is -0.683. The van der Waals surface area contributed by atoms with Gasteiger partial charge in [-0.3, -0.25) is 0 Å². The van der Waals surface area contributed by atoms with E-state index in [4.69, 9.17) is 9.47 Å². The summed E-state index contributed by atoms with van der Waals surface area (Å²) in [6, 6.07) is 8.29. The first-order valence-electron chi connectivity index (χ1n) is 11.4. The summed E-state index contributed by atoms with van der Waals surface area (Å²) in [5, 5.41) is 15.7. The number of thiazole rings is 1. The number of carbonyl (C=O) groups excluding carboxylic acids is 2. The van der Waals surface area contributed by atoms with Gasteiger partial charge in [-0.15, -0.1) is 22.7 Å². The van der Waals surface area contributed by atoms with Gasteiger partial charge in [-0.1, -0.05) is 12.1 Å². The van der Waals surface area contributed by atoms with Gasteiger partial charge < -0.3 is 14.8 Å². The number of aryl methyl sites for hydroxylation is 2. The molecule has 0 spiro atoms. The van der Waals surface area contributed by atoms with E-state index in [0.717, 1.165) is 22.6 Å². The summed E-state index contributed by atoms with van der Waals surface area (Å²) in [5.41, 5.74) is 4.45. The van der Waals surface area contributed by atoms with E-state index in [9.17, 15) is 14.9 Å². The number of rotatable bonds is 7. The van der Waals surface area contributed by atoms with Gasteiger partial charge in [0.1, 0.15) is 32.1 Å². The molecule has 36 heavy (non-hydrogen) atoms. The van der Waals surface area contributed by atoms with Crippen molar-refractivity contribution in [2.45, 2.75) is 54.1 Å². The molecule has 3 rings (SSSR count). The van der Waals surface area contributed by atoms with E-state index in [1.54, 1.807) is 34.6 Å². The number of nitrogens with one attached hydrogen (secondary N) is 1. The summed E-state index contributed by atoms with van der Waals surface area (Å²) in [7, 11) is 0. The number of nitriles is 1. The first kappa shape index (κ1) is 27.1. The van der Waals surface area contributed by atoms with Crippen LogP contribution in [0.5, 0.6) is 0 Å². The Balaban J connectivity index is 1.95. The van der Waals surface area contributed by atoms with Crippen LogP contribution in [-0.4, -0.2) is 29.1 Å². The Hall–Kier alpha value is -3.48. The average Bonchev–Trinajstić information content (AvgIpc) is 3.40. The Morgan fingerprint density at radius 3 is 2.50 bits per heavy atom. The molecule has 0 saturated carbocycles. The molecular weight excluding hydrogens is 494 g/mol. The molecule has 0 aliphatic heterocycles. The highest BCUT2D eigenvalue weighted by molar-refractivity contribution is 7.18. The maximum Gasteiger partial charge on any atom is 0.349 e. The van der Waals surface area contributed by atoms with Crippen LogP contribution in [-0.2, 0) is 9.47 Å². The smallest absolute Gasteiger partial charge is 0.349 e. The normalized spacial score (nSPS) is 11.7. The molecule has 0 fully saturated rings. The zero-order valence-electron chi connectivity index (χ0n) is 21.4. The predicted octanol–water partition coefficient (Wildman–Crippen LogP) is 6.91. The van der Waals surface area contributed by atoms with E-state index in [2.05, 4.69) is 29.4 Å². The maximum atomic E-state index is 12.8. The molecule has 3 aromatic rings. The topological polar surface area (TPSA) is 101 Å². The molecule has 2 aromatic heterocycles. The fraction of sp³-hybridized carbons (Fsp3) is 0.333. The highest BCUT2D eigenvalue weighted by atomic mass is 32.1. The summed E-state index contributed by atoms with van der Waals surface area (Å²) in [4.78, 5) is 30.4. The number of hydrogen-bond donors (Lipinski definition) is 1. The largest absolute Gasteiger partial charge is 0.462 e. The standard InChI is InChI=1S/C27H29N3O4S2/c1-8-33-25(31)21-17(4)22(26(32)34-27(5,6)7)36-24(21)29-13-19(12-28)23-30-20(14-35-23)18-10-9-15(2)16(3)11-18/h9-11,13-14,29H,8H2,1-7H3. The third-order valence-electron chi connectivity index (χ3n) is 5.22. The lowest BCUT2D eigenvalue weighted by molar-refractivity contribution is 0.00745. The van der Waals surface area contributed by atoms with Crippen LogP contribution in [0.1, 0.15) is 69.4 Å². The van der Waals surface area contributed by atoms with Crippen LogP contribution in [0.2, 0.25) is 0 Å². The predicted molar refractivity (Wildman–Crippen MR) is 144 cm³/mol. The van der Waals surface area contributed by atoms with Gasteiger partial charge in [-0.05, 0) is 71.2 Å². The first-order valence-corrected chi connectivity index (χ1v) is 13.1. The van der Waals surface area contributed by atoms with Crippen molar-refractivity contribution in [1.82, 2.24) is 4.98 Å². The number of nitrogens with zero attached hydrogens (tertiary/aromatic N) is 2. The van der Waals surface area contributed by atoms with Gasteiger partial charge in [0, 0.05) is 17.1 Å². The molecule has 0 amide bonds. The van der Waals surface area contributed by atoms with Crippen LogP contribution in [0.3, 0.4) is 0 Å². The first-order chi connectivity index (χ1) is 16.9. The molecule has 1 N–H and O–H groups in total. The number of hydrogen-bond acceptors (Lipinski definition) is 9. The SMILES string of the molecule is CCOC(=O)c1c(NC=C(C#N)c2nc(-c3ccc(C)c(C)c3)cs2)sc(C(=O)OC(C)(C)C)c1C. The fourth-order valence-corrected chi connectivity index (χ4v) is 5.13. The number of carbonyl (C=O) groups is 2. The third-order valence-corrected chi connectivity index (χ3v) is 7.29. The minimum Gasteiger partial charge on any atom is -0.462 e. The summed E-state index contributed by atoms with van der Waals surface area (Å²) >= 11 is 2.44. The van der Waals surface area contributed by atoms with Crippen LogP contribution < -0.4 is 5.32 Å². The lowest BCUT2D eigenvalue weighted by Crippen LogP contribution is -2.23. The van der Waals surface area contributed by atoms with E-state index in [0.29, 0.717) is 26.0 Å². The van der Waals surface area contributed by atoms with Crippen molar-refractivity contribution < 1.29 is 19.1 Å². The van der Waals surface area contributed by atoms with Crippen molar-refractivity contribution in [2.24, 2.45) is 0 Å². The molecule has 0 atom stereocenters. The number of allylic oxidation sites excluding steroid dienone is 1. The van der Waals surface area contributed by atoms with E-state index in [1.807, 2.05) is 24.4 Å². The van der Waals surface area contributed by atoms with E-state index in [-0.39, 0.29) is 12.2 Å². The molecular formula is C27H29N3O4S2. The summed E-state index contributed by atoms with van der Waals surface area (Å²) in [6.07, 6.45) is 1.50. The number of benzene rings is 1. The summed E-state index contributed by atoms with van der Waals surface area (Å²) < 4.78 is 10.7. The second kappa shape index (κ2) is 11.1. The zero-order valence-corrected chi connectivity index (χ0v) is 23.1. The van der Waals surface area contributed by atoms with Gasteiger partial charge in [0.25, 0.3) is 0 Å². The Kier molecular flexibility index (Phi) is 8.33. The summed E-state index contributed by atoms with van der Waals surface area (Å²) in [6.45, 7) is 13.0. The van der Waals surface area contributed by atoms with Crippen molar-refractivity contribution in [3.05, 3.63) is 61.9 Å². The van der Waals surface area contributed by atoms with Crippen LogP contribution in [0.4, 0.5) is 5.00 Å². The van der Waals surface area contributed by atoms with Gasteiger partial charge in [0.15, 0.2) is 0 Å². The Morgan fingerprint density at radius 1 is 1.17 bits per heavy atom. The van der Waals surface area contributed by atoms with Gasteiger partial charge in [-0.25, -0.2) is 14.6 Å². The quantitative estimate of drug-likeness (QED) is 0.265. The lowest BCUT2D eigenvalue weighted by atomic mass is 10.1. The molecule has 9 heteroatoms. The molecule has 0 radical (unpaired) electrons. The average molecular weight is 524 g/mol. The second-order valence-electron chi connectivity index (χ2n) is 9.13. The Labute approximate surface area is 219 Å². The zero-order chi connectivity index (χ0) is 26.6. The highest BCUT2D eigenvalue weighted by Gasteiger charge is 2.28. The molecule has 0 bridgehead atoms. The maximum absolute atomic E-state index is 12.8. The highest BCUT2D eigenvalue weighted by Crippen LogP contribution is 2.36. The van der Waals surface area contributed by atoms with Gasteiger partial charge >= 0.3 is 11.9 Å². The van der Waals surface area contributed by atoms with Crippen LogP contribution in [0, 0.1) is 32.1 Å². The van der Waals surface area contributed by atoms with E-state index in [1.165, 1.54) is 28.7 Å². The molecule has 0 aliphatic rings. The number of ether oxygens (including phenoxy) is 2. The van der Waals surface area contributed by atoms with Gasteiger partial charge in [0.05, 0.1) is 17.9 Å². The van der Waals surface area contributed by atoms with E-state index < -0.39 is 17.5 Å². The monoisotopic (exact) mass is 523 g/mol. The van der Waals surface area contributed by atoms with Gasteiger partial charge in [0.2, 0.25) is 0 Å². The van der Waals surface area contributed by atoms with Crippen molar-refractivity contribution in [1.29, 1.82) is 5.26 Å². The third kappa shape index (κ3) is 6.20. The second-order valence-corrected chi connectivity index (χ2v) is 11.0. The van der Waals surface area contributed by atoms with Gasteiger partial charge in [-0.2, -0.15) is 5.26 Å². The Morgan fingerprint density at radius 2 is 1.89 bits per heavy atom. The molecule has 0 saturated heterocycles. The molecule has 7 nitrogen and oxygen atoms in total. The number of thiophene rings is 1. The Bertz CT molecular complexity index is 1370. The van der Waals surface area contributed by atoms with Crippen molar-refractivity contribution in [3.8, 4) is 17.3 Å². The van der Waals surface area contributed by atoms with Crippen LogP contribution >= 0.6 is 22.7 Å². The molecule has 188 valence electrons. The fourth-order valence-electron chi connectivity index (χ4n) is 3.29. The number of esters is 2. The number of aromatic nitrogens is 1. The molecule has 0 unspecified atom stereocenters. The summed E-state index contributed by atoms with van der Waals surface area (Å²) in [5.74, 6) is -1.08. The van der Waals surface area contributed by atoms with Crippen LogP contribution in [0.25, 0.3) is 16.8 Å². The lowest BCUT2D eigenvalue weighted by Gasteiger charge is -2.19. The van der Waals surface area contributed by atoms with Crippen LogP contribution in [0.15, 0.2) is 29.8 Å². The minimum absolute atomic E-state index is 0.189. The van der Waals surface area contributed by atoms with Crippen molar-refractivity contribution in [3.63, 3.8) is 0 Å². The van der Waals surface area contributed by atoms with Crippen molar-refractivity contribution >= 4 is 45.2 Å². The molecule has 2 heterocycles. The van der Waals surface area contributed by atoms with Crippen molar-refractivity contribution in [2.75, 3.05) is 11.9 Å². The number of anilines is 1.